The average Bonchev–Trinajstić information content (AvgIpc) is 2.78. The highest BCUT2D eigenvalue weighted by molar-refractivity contribution is 5.77. The molecule has 10 nitrogen and oxygen atoms in total. The molecule has 3 atom stereocenters. The highest BCUT2D eigenvalue weighted by Crippen LogP contribution is 2.35. The molecule has 35 heavy (non-hydrogen) atoms. The summed E-state index contributed by atoms with van der Waals surface area (Å²) in [5.41, 5.74) is 6.38. The number of hydrogen-bond acceptors (Lipinski definition) is 9. The van der Waals surface area contributed by atoms with Gasteiger partial charge >= 0.3 is 24.1 Å². The van der Waals surface area contributed by atoms with E-state index in [2.05, 4.69) is 0 Å². The third-order valence-electron chi connectivity index (χ3n) is 5.07. The van der Waals surface area contributed by atoms with Gasteiger partial charge in [0.15, 0.2) is 11.5 Å². The van der Waals surface area contributed by atoms with Crippen LogP contribution in [0, 0.1) is 0 Å². The Labute approximate surface area is 206 Å². The van der Waals surface area contributed by atoms with Gasteiger partial charge in [0, 0.05) is 18.8 Å². The molecule has 1 rings (SSSR count). The highest BCUT2D eigenvalue weighted by atomic mass is 16.7. The summed E-state index contributed by atoms with van der Waals surface area (Å²) < 4.78 is 21.0. The predicted molar refractivity (Wildman–Crippen MR) is 127 cm³/mol. The number of carboxylic acids is 1. The van der Waals surface area contributed by atoms with Gasteiger partial charge < -0.3 is 29.8 Å². The second kappa shape index (κ2) is 15.7. The van der Waals surface area contributed by atoms with Crippen LogP contribution in [0.2, 0.25) is 0 Å². The molecule has 0 aliphatic heterocycles. The summed E-state index contributed by atoms with van der Waals surface area (Å²) in [6.45, 7) is 7.43. The normalized spacial score (nSPS) is 13.3. The summed E-state index contributed by atoms with van der Waals surface area (Å²) in [6.07, 6.45) is 1.52. The third-order valence-corrected chi connectivity index (χ3v) is 5.07. The summed E-state index contributed by atoms with van der Waals surface area (Å²) in [7, 11) is 0. The number of carbonyl (C=O) groups is 4. The standard InChI is InChI=1S/C25H37NO9/c1-5-8-13-32-25(31)33-16(4)14-18(23(26)24(29)30)17-11-12-19(34-21(27)9-6-2)20(15-17)35-22(28)10-7-3/h11-12,15-16,18,23H,5-10,13-14,26H2,1-4H3,(H,29,30)/t16?,18?,23-/m0/s1. The molecule has 0 spiro atoms. The van der Waals surface area contributed by atoms with Crippen molar-refractivity contribution in [2.24, 2.45) is 5.73 Å². The first-order valence-electron chi connectivity index (χ1n) is 12.0. The lowest BCUT2D eigenvalue weighted by Gasteiger charge is -2.25. The smallest absolute Gasteiger partial charge is 0.480 e. The van der Waals surface area contributed by atoms with Crippen LogP contribution in [0.1, 0.15) is 84.1 Å². The second-order valence-corrected chi connectivity index (χ2v) is 8.24. The van der Waals surface area contributed by atoms with Gasteiger partial charge in [-0.2, -0.15) is 0 Å². The first kappa shape index (κ1) is 29.9. The zero-order valence-electron chi connectivity index (χ0n) is 20.9. The van der Waals surface area contributed by atoms with Crippen molar-refractivity contribution < 1.29 is 43.2 Å². The van der Waals surface area contributed by atoms with E-state index in [1.54, 1.807) is 13.0 Å². The van der Waals surface area contributed by atoms with E-state index < -0.39 is 42.1 Å². The van der Waals surface area contributed by atoms with Crippen LogP contribution in [0.15, 0.2) is 18.2 Å². The van der Waals surface area contributed by atoms with Crippen molar-refractivity contribution in [2.75, 3.05) is 6.61 Å². The van der Waals surface area contributed by atoms with Crippen LogP contribution in [-0.4, -0.2) is 47.9 Å². The first-order chi connectivity index (χ1) is 16.6. The van der Waals surface area contributed by atoms with E-state index in [0.29, 0.717) is 24.8 Å². The molecule has 0 aromatic heterocycles. The van der Waals surface area contributed by atoms with Crippen molar-refractivity contribution >= 4 is 24.1 Å². The SMILES string of the molecule is CCCCOC(=O)OC(C)CC(c1ccc(OC(=O)CCC)c(OC(=O)CCC)c1)[C@H](N)C(=O)O. The maximum absolute atomic E-state index is 12.2. The van der Waals surface area contributed by atoms with Crippen molar-refractivity contribution in [1.29, 1.82) is 0 Å². The molecule has 0 amide bonds. The molecule has 0 saturated heterocycles. The lowest BCUT2D eigenvalue weighted by Crippen LogP contribution is -2.38. The van der Waals surface area contributed by atoms with Gasteiger partial charge in [-0.15, -0.1) is 0 Å². The molecule has 0 fully saturated rings. The molecular formula is C25H37NO9. The minimum atomic E-state index is -1.34. The fourth-order valence-electron chi connectivity index (χ4n) is 3.24. The van der Waals surface area contributed by atoms with E-state index >= 15 is 0 Å². The van der Waals surface area contributed by atoms with Gasteiger partial charge in [0.2, 0.25) is 0 Å². The van der Waals surface area contributed by atoms with E-state index in [1.165, 1.54) is 12.1 Å². The van der Waals surface area contributed by atoms with Gasteiger partial charge in [-0.1, -0.05) is 33.3 Å². The van der Waals surface area contributed by atoms with Crippen molar-refractivity contribution in [3.8, 4) is 11.5 Å². The topological polar surface area (TPSA) is 151 Å². The zero-order chi connectivity index (χ0) is 26.4. The largest absolute Gasteiger partial charge is 0.508 e. The maximum Gasteiger partial charge on any atom is 0.508 e. The maximum atomic E-state index is 12.2. The number of aliphatic carboxylic acids is 1. The minimum Gasteiger partial charge on any atom is -0.480 e. The highest BCUT2D eigenvalue weighted by Gasteiger charge is 2.30. The monoisotopic (exact) mass is 495 g/mol. The van der Waals surface area contributed by atoms with E-state index in [9.17, 15) is 24.3 Å². The number of carboxylic acid groups (broad SMARTS) is 1. The van der Waals surface area contributed by atoms with Gasteiger partial charge in [-0.3, -0.25) is 14.4 Å². The Hall–Kier alpha value is -3.14. The lowest BCUT2D eigenvalue weighted by atomic mass is 9.87. The Morgan fingerprint density at radius 2 is 1.54 bits per heavy atom. The minimum absolute atomic E-state index is 0.0134. The lowest BCUT2D eigenvalue weighted by molar-refractivity contribution is -0.139. The molecule has 0 heterocycles. The van der Waals surface area contributed by atoms with Crippen LogP contribution in [0.5, 0.6) is 11.5 Å². The Morgan fingerprint density at radius 3 is 2.09 bits per heavy atom. The van der Waals surface area contributed by atoms with E-state index in [1.807, 2.05) is 20.8 Å². The molecule has 0 bridgehead atoms. The van der Waals surface area contributed by atoms with Gasteiger partial charge in [0.25, 0.3) is 0 Å². The molecule has 2 unspecified atom stereocenters. The van der Waals surface area contributed by atoms with Gasteiger partial charge in [-0.05, 0) is 50.3 Å². The van der Waals surface area contributed by atoms with Crippen LogP contribution < -0.4 is 15.2 Å². The molecule has 0 radical (unpaired) electrons. The van der Waals surface area contributed by atoms with Gasteiger partial charge in [0.05, 0.1) is 6.61 Å². The molecule has 1 aromatic rings. The molecule has 0 aliphatic carbocycles. The van der Waals surface area contributed by atoms with Crippen LogP contribution in [0.3, 0.4) is 0 Å². The van der Waals surface area contributed by atoms with Crippen molar-refractivity contribution in [3.63, 3.8) is 0 Å². The fourth-order valence-corrected chi connectivity index (χ4v) is 3.24. The van der Waals surface area contributed by atoms with Crippen molar-refractivity contribution in [3.05, 3.63) is 23.8 Å². The van der Waals surface area contributed by atoms with Crippen LogP contribution in [-0.2, 0) is 23.9 Å². The number of ether oxygens (including phenoxy) is 4. The van der Waals surface area contributed by atoms with E-state index in [-0.39, 0.29) is 37.4 Å². The van der Waals surface area contributed by atoms with Crippen LogP contribution >= 0.6 is 0 Å². The molecule has 0 saturated carbocycles. The number of benzene rings is 1. The quantitative estimate of drug-likeness (QED) is 0.204. The summed E-state index contributed by atoms with van der Waals surface area (Å²) in [4.78, 5) is 47.8. The first-order valence-corrected chi connectivity index (χ1v) is 12.0. The number of carbonyl (C=O) groups excluding carboxylic acids is 3. The van der Waals surface area contributed by atoms with Crippen LogP contribution in [0.25, 0.3) is 0 Å². The number of esters is 2. The Kier molecular flexibility index (Phi) is 13.4. The van der Waals surface area contributed by atoms with E-state index in [0.717, 1.165) is 6.42 Å². The number of rotatable bonds is 15. The number of unbranched alkanes of at least 4 members (excludes halogenated alkanes) is 1. The predicted octanol–water partition coefficient (Wildman–Crippen LogP) is 4.33. The van der Waals surface area contributed by atoms with Gasteiger partial charge in [0.1, 0.15) is 12.1 Å². The number of hydrogen-bond donors (Lipinski definition) is 2. The van der Waals surface area contributed by atoms with E-state index in [4.69, 9.17) is 24.7 Å². The van der Waals surface area contributed by atoms with Gasteiger partial charge in [-0.25, -0.2) is 4.79 Å². The average molecular weight is 496 g/mol. The molecule has 196 valence electrons. The summed E-state index contributed by atoms with van der Waals surface area (Å²) in [5.74, 6) is -3.05. The molecular weight excluding hydrogens is 458 g/mol. The molecule has 1 aromatic carbocycles. The Bertz CT molecular complexity index is 855. The third kappa shape index (κ3) is 10.8. The molecule has 3 N–H and O–H groups in total. The van der Waals surface area contributed by atoms with Crippen molar-refractivity contribution in [2.45, 2.75) is 90.7 Å². The van der Waals surface area contributed by atoms with Crippen molar-refractivity contribution in [1.82, 2.24) is 0 Å². The number of nitrogens with two attached hydrogens (primary N) is 1. The Balaban J connectivity index is 3.20. The fraction of sp³-hybridized carbons (Fsp3) is 0.600. The zero-order valence-corrected chi connectivity index (χ0v) is 20.9. The Morgan fingerprint density at radius 1 is 0.943 bits per heavy atom. The van der Waals surface area contributed by atoms with Crippen LogP contribution in [0.4, 0.5) is 4.79 Å². The summed E-state index contributed by atoms with van der Waals surface area (Å²) in [6, 6.07) is 3.07. The second-order valence-electron chi connectivity index (χ2n) is 8.24. The summed E-state index contributed by atoms with van der Waals surface area (Å²) in [5, 5.41) is 9.56. The summed E-state index contributed by atoms with van der Waals surface area (Å²) >= 11 is 0. The molecule has 10 heteroatoms. The molecule has 0 aliphatic rings.